The number of carbonyl (C=O) groups is 5. The number of carboxylic acid groups (broad SMARTS) is 1. The lowest BCUT2D eigenvalue weighted by Crippen LogP contribution is -2.59. The summed E-state index contributed by atoms with van der Waals surface area (Å²) in [6.07, 6.45) is 2.16. The highest BCUT2D eigenvalue weighted by atomic mass is 16.4. The zero-order valence-electron chi connectivity index (χ0n) is 24.3. The molecule has 0 radical (unpaired) electrons. The molecule has 0 bridgehead atoms. The van der Waals surface area contributed by atoms with Crippen LogP contribution in [-0.4, -0.2) is 63.9 Å². The van der Waals surface area contributed by atoms with E-state index in [4.69, 9.17) is 11.5 Å². The molecular weight excluding hydrogens is 552 g/mol. The first kappa shape index (κ1) is 32.8. The molecule has 5 atom stereocenters. The highest BCUT2D eigenvalue weighted by molar-refractivity contribution is 5.95. The number of hydrogen-bond acceptors (Lipinski definition) is 6. The first-order chi connectivity index (χ1) is 20.5. The summed E-state index contributed by atoms with van der Waals surface area (Å²) in [4.78, 5) is 66.4. The van der Waals surface area contributed by atoms with Crippen LogP contribution < -0.4 is 27.4 Å². The maximum atomic E-state index is 13.5. The predicted molar refractivity (Wildman–Crippen MR) is 161 cm³/mol. The summed E-state index contributed by atoms with van der Waals surface area (Å²) in [6.45, 7) is 3.62. The van der Waals surface area contributed by atoms with Crippen molar-refractivity contribution in [1.29, 1.82) is 0 Å². The predicted octanol–water partition coefficient (Wildman–Crippen LogP) is 1.13. The molecule has 230 valence electrons. The van der Waals surface area contributed by atoms with E-state index in [1.54, 1.807) is 43.5 Å². The van der Waals surface area contributed by atoms with Crippen LogP contribution in [0.25, 0.3) is 10.9 Å². The fraction of sp³-hybridized carbons (Fsp3) is 0.387. The molecule has 9 N–H and O–H groups in total. The maximum absolute atomic E-state index is 13.5. The van der Waals surface area contributed by atoms with Gasteiger partial charge in [-0.05, 0) is 36.0 Å². The number of benzene rings is 2. The topological polar surface area (TPSA) is 209 Å². The molecule has 2 aromatic carbocycles. The summed E-state index contributed by atoms with van der Waals surface area (Å²) < 4.78 is 0. The Hall–Kier alpha value is -4.71. The van der Waals surface area contributed by atoms with Crippen molar-refractivity contribution < 1.29 is 29.1 Å². The highest BCUT2D eigenvalue weighted by Gasteiger charge is 2.33. The fourth-order valence-electron chi connectivity index (χ4n) is 4.73. The number of nitrogens with two attached hydrogens (primary N) is 2. The van der Waals surface area contributed by atoms with Gasteiger partial charge in [-0.1, -0.05) is 68.8 Å². The average Bonchev–Trinajstić information content (AvgIpc) is 3.39. The molecule has 4 amide bonds. The van der Waals surface area contributed by atoms with Crippen LogP contribution in [0.5, 0.6) is 0 Å². The van der Waals surface area contributed by atoms with Gasteiger partial charge in [-0.15, -0.1) is 0 Å². The number of para-hydroxylation sites is 1. The van der Waals surface area contributed by atoms with Gasteiger partial charge >= 0.3 is 5.97 Å². The number of aliphatic carboxylic acids is 1. The lowest BCUT2D eigenvalue weighted by molar-refractivity contribution is -0.142. The van der Waals surface area contributed by atoms with Gasteiger partial charge in [0.15, 0.2) is 0 Å². The Labute approximate surface area is 250 Å². The van der Waals surface area contributed by atoms with Crippen LogP contribution in [0.2, 0.25) is 0 Å². The van der Waals surface area contributed by atoms with E-state index in [0.717, 1.165) is 16.5 Å². The lowest BCUT2D eigenvalue weighted by atomic mass is 9.96. The minimum atomic E-state index is -1.28. The largest absolute Gasteiger partial charge is 0.480 e. The van der Waals surface area contributed by atoms with Crippen molar-refractivity contribution in [3.63, 3.8) is 0 Å². The van der Waals surface area contributed by atoms with Gasteiger partial charge in [0.25, 0.3) is 0 Å². The number of nitrogens with one attached hydrogen (secondary N) is 4. The van der Waals surface area contributed by atoms with Crippen LogP contribution in [0, 0.1) is 5.92 Å². The Morgan fingerprint density at radius 3 is 2.16 bits per heavy atom. The van der Waals surface area contributed by atoms with Gasteiger partial charge in [0.1, 0.15) is 18.1 Å². The molecule has 3 aromatic rings. The Kier molecular flexibility index (Phi) is 11.8. The van der Waals surface area contributed by atoms with E-state index in [1.807, 2.05) is 31.2 Å². The van der Waals surface area contributed by atoms with Crippen molar-refractivity contribution in [3.05, 3.63) is 71.9 Å². The quantitative estimate of drug-likeness (QED) is 0.129. The van der Waals surface area contributed by atoms with Crippen LogP contribution in [0.4, 0.5) is 0 Å². The molecule has 0 saturated heterocycles. The number of hydrogen-bond donors (Lipinski definition) is 7. The molecular formula is C31H40N6O6. The minimum absolute atomic E-state index is 0.0122. The first-order valence-corrected chi connectivity index (χ1v) is 14.3. The molecule has 0 aliphatic heterocycles. The second-order valence-corrected chi connectivity index (χ2v) is 10.7. The summed E-state index contributed by atoms with van der Waals surface area (Å²) in [6, 6.07) is 11.8. The summed E-state index contributed by atoms with van der Waals surface area (Å²) in [5.41, 5.74) is 14.0. The molecule has 12 nitrogen and oxygen atoms in total. The van der Waals surface area contributed by atoms with Crippen LogP contribution in [-0.2, 0) is 36.8 Å². The van der Waals surface area contributed by atoms with Gasteiger partial charge in [0.05, 0.1) is 6.04 Å². The third-order valence-electron chi connectivity index (χ3n) is 7.45. The Morgan fingerprint density at radius 1 is 0.860 bits per heavy atom. The van der Waals surface area contributed by atoms with E-state index in [9.17, 15) is 29.1 Å². The average molecular weight is 593 g/mol. The second-order valence-electron chi connectivity index (χ2n) is 10.7. The summed E-state index contributed by atoms with van der Waals surface area (Å²) in [5.74, 6) is -4.29. The number of amides is 4. The van der Waals surface area contributed by atoms with Crippen molar-refractivity contribution in [2.24, 2.45) is 17.4 Å². The van der Waals surface area contributed by atoms with Crippen LogP contribution >= 0.6 is 0 Å². The molecule has 12 heteroatoms. The fourth-order valence-corrected chi connectivity index (χ4v) is 4.73. The third kappa shape index (κ3) is 9.40. The van der Waals surface area contributed by atoms with Crippen molar-refractivity contribution in [2.75, 3.05) is 0 Å². The number of H-pyrrole nitrogens is 1. The molecule has 0 spiro atoms. The smallest absolute Gasteiger partial charge is 0.326 e. The Bertz CT molecular complexity index is 1420. The number of aromatic nitrogens is 1. The van der Waals surface area contributed by atoms with Crippen LogP contribution in [0.1, 0.15) is 44.2 Å². The molecule has 5 unspecified atom stereocenters. The molecule has 1 aromatic heterocycles. The van der Waals surface area contributed by atoms with E-state index in [2.05, 4.69) is 20.9 Å². The van der Waals surface area contributed by atoms with E-state index < -0.39 is 53.8 Å². The first-order valence-electron chi connectivity index (χ1n) is 14.3. The van der Waals surface area contributed by atoms with Gasteiger partial charge in [0, 0.05) is 29.9 Å². The van der Waals surface area contributed by atoms with Crippen molar-refractivity contribution in [2.45, 2.75) is 70.1 Å². The van der Waals surface area contributed by atoms with Crippen molar-refractivity contribution >= 4 is 40.5 Å². The molecule has 43 heavy (non-hydrogen) atoms. The zero-order valence-corrected chi connectivity index (χ0v) is 24.3. The summed E-state index contributed by atoms with van der Waals surface area (Å²) in [5, 5.41) is 18.4. The minimum Gasteiger partial charge on any atom is -0.480 e. The van der Waals surface area contributed by atoms with Gasteiger partial charge in [0.2, 0.25) is 23.6 Å². The van der Waals surface area contributed by atoms with Gasteiger partial charge in [-0.25, -0.2) is 4.79 Å². The number of primary amides is 1. The van der Waals surface area contributed by atoms with Crippen molar-refractivity contribution in [3.8, 4) is 0 Å². The summed E-state index contributed by atoms with van der Waals surface area (Å²) >= 11 is 0. The standard InChI is InChI=1S/C31H40N6O6/c1-3-18(2)27(37-28(39)22(32)16-20-17-34-23-12-8-7-11-21(20)23)30(41)35-24(13-14-26(33)38)29(40)36-25(31(42)43)15-19-9-5-4-6-10-19/h4-12,17-18,22,24-25,27,34H,3,13-16,32H2,1-2H3,(H2,33,38)(H,35,41)(H,36,40)(H,37,39)(H,42,43). The van der Waals surface area contributed by atoms with E-state index in [0.29, 0.717) is 12.0 Å². The molecule has 1 heterocycles. The molecule has 0 fully saturated rings. The zero-order chi connectivity index (χ0) is 31.5. The van der Waals surface area contributed by atoms with Crippen molar-refractivity contribution in [1.82, 2.24) is 20.9 Å². The van der Waals surface area contributed by atoms with E-state index >= 15 is 0 Å². The van der Waals surface area contributed by atoms with Gasteiger partial charge < -0.3 is 37.5 Å². The van der Waals surface area contributed by atoms with Crippen LogP contribution in [0.3, 0.4) is 0 Å². The van der Waals surface area contributed by atoms with E-state index in [-0.39, 0.29) is 31.6 Å². The molecule has 0 aliphatic carbocycles. The SMILES string of the molecule is CCC(C)C(NC(=O)C(N)Cc1c[nH]c2ccccc12)C(=O)NC(CCC(N)=O)C(=O)NC(Cc1ccccc1)C(=O)O. The Morgan fingerprint density at radius 2 is 1.51 bits per heavy atom. The lowest BCUT2D eigenvalue weighted by Gasteiger charge is -2.28. The van der Waals surface area contributed by atoms with E-state index in [1.165, 1.54) is 0 Å². The monoisotopic (exact) mass is 592 g/mol. The number of aromatic amines is 1. The summed E-state index contributed by atoms with van der Waals surface area (Å²) in [7, 11) is 0. The van der Waals surface area contributed by atoms with Crippen LogP contribution in [0.15, 0.2) is 60.8 Å². The van der Waals surface area contributed by atoms with Gasteiger partial charge in [-0.2, -0.15) is 0 Å². The highest BCUT2D eigenvalue weighted by Crippen LogP contribution is 2.19. The molecule has 0 aliphatic rings. The van der Waals surface area contributed by atoms with Gasteiger partial charge in [-0.3, -0.25) is 19.2 Å². The Balaban J connectivity index is 1.72. The maximum Gasteiger partial charge on any atom is 0.326 e. The second kappa shape index (κ2) is 15.5. The number of carbonyl (C=O) groups excluding carboxylic acids is 4. The molecule has 3 rings (SSSR count). The normalized spacial score (nSPS) is 14.6. The number of carboxylic acids is 1. The number of rotatable bonds is 16. The molecule has 0 saturated carbocycles. The number of fused-ring (bicyclic) bond motifs is 1. The third-order valence-corrected chi connectivity index (χ3v) is 7.45.